The molecule has 0 radical (unpaired) electrons. The monoisotopic (exact) mass is 616 g/mol. The third-order valence-corrected chi connectivity index (χ3v) is 9.37. The molecule has 0 saturated carbocycles. The number of carbonyl (C=O) groups is 1. The van der Waals surface area contributed by atoms with Crippen molar-refractivity contribution < 1.29 is 23.2 Å². The molecule has 9 nitrogen and oxygen atoms in total. The van der Waals surface area contributed by atoms with Gasteiger partial charge in [0.1, 0.15) is 17.7 Å². The van der Waals surface area contributed by atoms with Gasteiger partial charge in [0.05, 0.1) is 11.6 Å². The van der Waals surface area contributed by atoms with Crippen LogP contribution >= 0.6 is 0 Å². The van der Waals surface area contributed by atoms with E-state index in [1.54, 1.807) is 10.6 Å². The highest BCUT2D eigenvalue weighted by atomic mass is 19.1. The second kappa shape index (κ2) is 14.0. The summed E-state index contributed by atoms with van der Waals surface area (Å²) in [5.41, 5.74) is 3.95. The first-order chi connectivity index (χ1) is 21.9. The van der Waals surface area contributed by atoms with Gasteiger partial charge in [0, 0.05) is 41.7 Å². The van der Waals surface area contributed by atoms with Crippen LogP contribution in [0.15, 0.2) is 57.8 Å². The molecule has 1 fully saturated rings. The van der Waals surface area contributed by atoms with E-state index >= 15 is 0 Å². The van der Waals surface area contributed by atoms with Gasteiger partial charge in [0.25, 0.3) is 5.56 Å². The van der Waals surface area contributed by atoms with E-state index < -0.39 is 6.10 Å². The van der Waals surface area contributed by atoms with Gasteiger partial charge in [-0.3, -0.25) is 14.2 Å². The Kier molecular flexibility index (Phi) is 9.70. The van der Waals surface area contributed by atoms with Crippen LogP contribution in [0, 0.1) is 18.7 Å². The minimum Gasteiger partial charge on any atom is -0.438 e. The lowest BCUT2D eigenvalue weighted by Gasteiger charge is -2.31. The summed E-state index contributed by atoms with van der Waals surface area (Å²) in [5, 5.41) is 5.14. The summed E-state index contributed by atoms with van der Waals surface area (Å²) in [6.45, 7) is 6.86. The molecule has 2 atom stereocenters. The van der Waals surface area contributed by atoms with Crippen LogP contribution in [-0.2, 0) is 33.7 Å². The van der Waals surface area contributed by atoms with Gasteiger partial charge in [-0.15, -0.1) is 0 Å². The Balaban J connectivity index is 1.03. The number of aromatic nitrogens is 3. The average Bonchev–Trinajstić information content (AvgIpc) is 3.47. The van der Waals surface area contributed by atoms with E-state index in [1.807, 2.05) is 44.2 Å². The summed E-state index contributed by atoms with van der Waals surface area (Å²) in [4.78, 5) is 33.6. The molecule has 2 aliphatic rings. The Bertz CT molecular complexity index is 1680. The van der Waals surface area contributed by atoms with Crippen LogP contribution < -0.4 is 5.56 Å². The lowest BCUT2D eigenvalue weighted by atomic mass is 9.91. The summed E-state index contributed by atoms with van der Waals surface area (Å²) < 4.78 is 32.2. The number of ether oxygens (including phenoxy) is 2. The number of hydrogen-bond donors (Lipinski definition) is 0. The molecule has 10 heteroatoms. The van der Waals surface area contributed by atoms with Gasteiger partial charge < -0.3 is 18.9 Å². The molecule has 2 unspecified atom stereocenters. The first-order valence-corrected chi connectivity index (χ1v) is 16.1. The topological polar surface area (TPSA) is 99.7 Å². The number of esters is 1. The minimum absolute atomic E-state index is 0.00659. The number of benzene rings is 2. The highest BCUT2D eigenvalue weighted by Crippen LogP contribution is 2.33. The van der Waals surface area contributed by atoms with Gasteiger partial charge in [-0.25, -0.2) is 9.37 Å². The minimum atomic E-state index is -0.399. The summed E-state index contributed by atoms with van der Waals surface area (Å²) in [5.74, 6) is 0.0349. The maximum atomic E-state index is 13.6. The SMILES string of the molecule is CCC(Cc1ccccc1)C(=O)OCOC1CCCn2c1nc(C)c(CCN1CCC(c3noc4cc(F)ccc34)CC1)c2=O. The molecule has 4 heterocycles. The van der Waals surface area contributed by atoms with Crippen LogP contribution in [-0.4, -0.2) is 52.0 Å². The number of piperidine rings is 1. The molecule has 1 saturated heterocycles. The largest absolute Gasteiger partial charge is 0.438 e. The van der Waals surface area contributed by atoms with Crippen molar-refractivity contribution in [2.75, 3.05) is 26.4 Å². The second-order valence-electron chi connectivity index (χ2n) is 12.2. The zero-order chi connectivity index (χ0) is 31.3. The van der Waals surface area contributed by atoms with Crippen LogP contribution in [0.4, 0.5) is 4.39 Å². The number of likely N-dealkylation sites (tertiary alicyclic amines) is 1. The molecule has 0 N–H and O–H groups in total. The van der Waals surface area contributed by atoms with E-state index in [4.69, 9.17) is 19.0 Å². The van der Waals surface area contributed by atoms with E-state index in [0.29, 0.717) is 43.6 Å². The highest BCUT2D eigenvalue weighted by molar-refractivity contribution is 5.80. The molecule has 4 aromatic rings. The van der Waals surface area contributed by atoms with E-state index in [-0.39, 0.29) is 36.0 Å². The van der Waals surface area contributed by atoms with E-state index in [1.165, 1.54) is 12.1 Å². The summed E-state index contributed by atoms with van der Waals surface area (Å²) in [6.07, 6.45) is 4.88. The Morgan fingerprint density at radius 2 is 1.91 bits per heavy atom. The fraction of sp³-hybridized carbons (Fsp3) is 0.486. The van der Waals surface area contributed by atoms with Crippen molar-refractivity contribution in [1.82, 2.24) is 19.6 Å². The molecule has 0 spiro atoms. The molecular weight excluding hydrogens is 575 g/mol. The average molecular weight is 617 g/mol. The predicted molar refractivity (Wildman–Crippen MR) is 167 cm³/mol. The molecule has 238 valence electrons. The predicted octanol–water partition coefficient (Wildman–Crippen LogP) is 5.88. The Morgan fingerprint density at radius 3 is 2.69 bits per heavy atom. The number of hydrogen-bond acceptors (Lipinski definition) is 8. The van der Waals surface area contributed by atoms with E-state index in [0.717, 1.165) is 66.8 Å². The van der Waals surface area contributed by atoms with Gasteiger partial charge in [-0.1, -0.05) is 42.4 Å². The van der Waals surface area contributed by atoms with Crippen LogP contribution in [0.2, 0.25) is 0 Å². The summed E-state index contributed by atoms with van der Waals surface area (Å²) >= 11 is 0. The van der Waals surface area contributed by atoms with Crippen LogP contribution in [0.3, 0.4) is 0 Å². The molecule has 2 aromatic carbocycles. The van der Waals surface area contributed by atoms with Crippen molar-refractivity contribution >= 4 is 16.9 Å². The third-order valence-electron chi connectivity index (χ3n) is 9.37. The normalized spacial score (nSPS) is 18.2. The van der Waals surface area contributed by atoms with Crippen molar-refractivity contribution in [3.05, 3.63) is 93.0 Å². The molecule has 0 amide bonds. The lowest BCUT2D eigenvalue weighted by molar-refractivity contribution is -0.167. The fourth-order valence-electron chi connectivity index (χ4n) is 6.70. The zero-order valence-corrected chi connectivity index (χ0v) is 26.0. The summed E-state index contributed by atoms with van der Waals surface area (Å²) in [7, 11) is 0. The Hall–Kier alpha value is -3.89. The molecule has 45 heavy (non-hydrogen) atoms. The number of nitrogens with zero attached hydrogens (tertiary/aromatic N) is 4. The van der Waals surface area contributed by atoms with Crippen molar-refractivity contribution in [3.8, 4) is 0 Å². The molecule has 2 aromatic heterocycles. The molecule has 2 aliphatic heterocycles. The smallest absolute Gasteiger partial charge is 0.311 e. The van der Waals surface area contributed by atoms with Crippen molar-refractivity contribution in [1.29, 1.82) is 0 Å². The maximum absolute atomic E-state index is 13.6. The second-order valence-corrected chi connectivity index (χ2v) is 12.2. The lowest BCUT2D eigenvalue weighted by Crippen LogP contribution is -2.38. The van der Waals surface area contributed by atoms with Crippen LogP contribution in [0.25, 0.3) is 11.0 Å². The zero-order valence-electron chi connectivity index (χ0n) is 26.0. The van der Waals surface area contributed by atoms with Gasteiger partial charge in [0.15, 0.2) is 12.4 Å². The fourth-order valence-corrected chi connectivity index (χ4v) is 6.70. The van der Waals surface area contributed by atoms with Gasteiger partial charge in [-0.05, 0) is 82.7 Å². The Labute approximate surface area is 262 Å². The molecule has 6 rings (SSSR count). The van der Waals surface area contributed by atoms with Crippen molar-refractivity contribution in [2.24, 2.45) is 5.92 Å². The number of halogens is 1. The number of carbonyl (C=O) groups excluding carboxylic acids is 1. The first-order valence-electron chi connectivity index (χ1n) is 16.1. The maximum Gasteiger partial charge on any atom is 0.311 e. The molecule has 0 bridgehead atoms. The number of fused-ring (bicyclic) bond motifs is 2. The number of rotatable bonds is 11. The van der Waals surface area contributed by atoms with E-state index in [2.05, 4.69) is 10.1 Å². The first kappa shape index (κ1) is 31.1. The van der Waals surface area contributed by atoms with Crippen LogP contribution in [0.5, 0.6) is 0 Å². The van der Waals surface area contributed by atoms with Crippen molar-refractivity contribution in [2.45, 2.75) is 77.4 Å². The van der Waals surface area contributed by atoms with Gasteiger partial charge in [-0.2, -0.15) is 0 Å². The van der Waals surface area contributed by atoms with Gasteiger partial charge in [0.2, 0.25) is 0 Å². The standard InChI is InChI=1S/C35H41FN4O5/c1-3-25(20-24-8-5-4-6-9-24)35(42)44-22-43-30-10-7-16-40-33(30)37-23(2)28(34(40)41)15-19-39-17-13-26(14-18-39)32-29-12-11-27(36)21-31(29)45-38-32/h4-6,8-9,11-12,21,25-26,30H,3,7,10,13-20,22H2,1-2H3. The van der Waals surface area contributed by atoms with Gasteiger partial charge >= 0.3 is 5.97 Å². The third kappa shape index (κ3) is 7.02. The quantitative estimate of drug-likeness (QED) is 0.152. The van der Waals surface area contributed by atoms with Crippen molar-refractivity contribution in [3.63, 3.8) is 0 Å². The summed E-state index contributed by atoms with van der Waals surface area (Å²) in [6, 6.07) is 14.5. The molecule has 0 aliphatic carbocycles. The van der Waals surface area contributed by atoms with E-state index in [9.17, 15) is 14.0 Å². The number of aryl methyl sites for hydroxylation is 1. The highest BCUT2D eigenvalue weighted by Gasteiger charge is 2.28. The van der Waals surface area contributed by atoms with Crippen LogP contribution in [0.1, 0.15) is 79.4 Å². The molecular formula is C35H41FN4O5. The Morgan fingerprint density at radius 1 is 1.11 bits per heavy atom.